The zero-order valence-corrected chi connectivity index (χ0v) is 15.7. The molecule has 1 saturated heterocycles. The molecule has 4 heterocycles. The van der Waals surface area contributed by atoms with Crippen molar-refractivity contribution in [3.8, 4) is 11.5 Å². The summed E-state index contributed by atoms with van der Waals surface area (Å²) >= 11 is 1.61. The predicted octanol–water partition coefficient (Wildman–Crippen LogP) is 3.34. The fourth-order valence-electron chi connectivity index (χ4n) is 3.29. The van der Waals surface area contributed by atoms with E-state index in [9.17, 15) is 4.79 Å². The highest BCUT2D eigenvalue weighted by molar-refractivity contribution is 7.08. The second-order valence-corrected chi connectivity index (χ2v) is 7.29. The van der Waals surface area contributed by atoms with Gasteiger partial charge in [-0.1, -0.05) is 0 Å². The van der Waals surface area contributed by atoms with Gasteiger partial charge >= 0.3 is 0 Å². The third kappa shape index (κ3) is 3.16. The Morgan fingerprint density at radius 3 is 2.81 bits per heavy atom. The first-order valence-corrected chi connectivity index (χ1v) is 9.79. The number of carbonyl (C=O) groups is 1. The van der Waals surface area contributed by atoms with Crippen molar-refractivity contribution < 1.29 is 9.21 Å². The van der Waals surface area contributed by atoms with Gasteiger partial charge in [0.1, 0.15) is 0 Å². The molecule has 0 N–H and O–H groups in total. The second kappa shape index (κ2) is 7.03. The normalized spacial score (nSPS) is 15.5. The zero-order valence-electron chi connectivity index (χ0n) is 14.9. The molecule has 8 heteroatoms. The number of aryl methyl sites for hydroxylation is 2. The Morgan fingerprint density at radius 2 is 2.15 bits per heavy atom. The van der Waals surface area contributed by atoms with E-state index < -0.39 is 0 Å². The summed E-state index contributed by atoms with van der Waals surface area (Å²) < 4.78 is 7.66. The molecule has 0 saturated carbocycles. The van der Waals surface area contributed by atoms with Crippen LogP contribution in [0.5, 0.6) is 0 Å². The minimum atomic E-state index is 0.0603. The maximum atomic E-state index is 12.8. The van der Waals surface area contributed by atoms with Crippen LogP contribution in [0.25, 0.3) is 11.5 Å². The van der Waals surface area contributed by atoms with Gasteiger partial charge in [-0.25, -0.2) is 0 Å². The Bertz CT molecular complexity index is 891. The minimum Gasteiger partial charge on any atom is -0.420 e. The molecule has 1 aliphatic heterocycles. The Labute approximate surface area is 155 Å². The van der Waals surface area contributed by atoms with Crippen molar-refractivity contribution in [2.24, 2.45) is 0 Å². The summed E-state index contributed by atoms with van der Waals surface area (Å²) in [7, 11) is 0. The first-order valence-electron chi connectivity index (χ1n) is 8.85. The van der Waals surface area contributed by atoms with Crippen molar-refractivity contribution >= 4 is 17.2 Å². The monoisotopic (exact) mass is 371 g/mol. The van der Waals surface area contributed by atoms with E-state index in [0.29, 0.717) is 30.4 Å². The number of rotatable bonds is 4. The highest BCUT2D eigenvalue weighted by Gasteiger charge is 2.29. The standard InChI is InChI=1S/C18H21N5O2S/c1-3-23-10-15(12(2)21-23)18(24)22-7-4-13(5-8-22)16-19-20-17(25-16)14-6-9-26-11-14/h6,9-11,13H,3-5,7-8H2,1-2H3. The first-order chi connectivity index (χ1) is 12.7. The van der Waals surface area contributed by atoms with Crippen LogP contribution in [0.15, 0.2) is 27.4 Å². The van der Waals surface area contributed by atoms with E-state index in [0.717, 1.165) is 30.6 Å². The minimum absolute atomic E-state index is 0.0603. The summed E-state index contributed by atoms with van der Waals surface area (Å²) in [5.74, 6) is 1.51. The fourth-order valence-corrected chi connectivity index (χ4v) is 3.92. The Morgan fingerprint density at radius 1 is 1.35 bits per heavy atom. The highest BCUT2D eigenvalue weighted by atomic mass is 32.1. The molecule has 3 aromatic heterocycles. The van der Waals surface area contributed by atoms with Crippen LogP contribution in [0, 0.1) is 6.92 Å². The molecule has 7 nitrogen and oxygen atoms in total. The van der Waals surface area contributed by atoms with Crippen LogP contribution in [0.3, 0.4) is 0 Å². The van der Waals surface area contributed by atoms with Crippen molar-refractivity contribution in [1.29, 1.82) is 0 Å². The summed E-state index contributed by atoms with van der Waals surface area (Å²) in [5, 5.41) is 16.7. The van der Waals surface area contributed by atoms with E-state index in [1.807, 2.05) is 41.8 Å². The fraction of sp³-hybridized carbons (Fsp3) is 0.444. The quantitative estimate of drug-likeness (QED) is 0.703. The zero-order chi connectivity index (χ0) is 18.1. The molecule has 4 rings (SSSR count). The van der Waals surface area contributed by atoms with Crippen molar-refractivity contribution in [2.45, 2.75) is 39.2 Å². The molecule has 1 aliphatic rings. The molecule has 0 atom stereocenters. The van der Waals surface area contributed by atoms with Crippen molar-refractivity contribution in [1.82, 2.24) is 24.9 Å². The SMILES string of the molecule is CCn1cc(C(=O)N2CCC(c3nnc(-c4ccsc4)o3)CC2)c(C)n1. The van der Waals surface area contributed by atoms with Crippen LogP contribution >= 0.6 is 11.3 Å². The van der Waals surface area contributed by atoms with Crippen LogP contribution in [0.1, 0.15) is 47.6 Å². The van der Waals surface area contributed by atoms with E-state index in [4.69, 9.17) is 4.42 Å². The molecule has 0 bridgehead atoms. The molecule has 0 unspecified atom stereocenters. The van der Waals surface area contributed by atoms with Crippen LogP contribution in [0.2, 0.25) is 0 Å². The van der Waals surface area contributed by atoms with E-state index >= 15 is 0 Å². The Balaban J connectivity index is 1.41. The number of hydrogen-bond acceptors (Lipinski definition) is 6. The summed E-state index contributed by atoms with van der Waals surface area (Å²) in [6.45, 7) is 6.05. The lowest BCUT2D eigenvalue weighted by atomic mass is 9.96. The van der Waals surface area contributed by atoms with Gasteiger partial charge in [0.05, 0.1) is 11.3 Å². The molecular weight excluding hydrogens is 350 g/mol. The molecular formula is C18H21N5O2S. The number of amides is 1. The Kier molecular flexibility index (Phi) is 4.58. The molecule has 1 fully saturated rings. The molecule has 1 amide bonds. The molecule has 136 valence electrons. The van der Waals surface area contributed by atoms with Crippen molar-refractivity contribution in [2.75, 3.05) is 13.1 Å². The van der Waals surface area contributed by atoms with Gasteiger partial charge in [0.15, 0.2) is 0 Å². The average Bonchev–Trinajstić information content (AvgIpc) is 3.41. The molecule has 0 aromatic carbocycles. The van der Waals surface area contributed by atoms with Crippen LogP contribution in [-0.4, -0.2) is 43.9 Å². The number of carbonyl (C=O) groups excluding carboxylic acids is 1. The number of thiophene rings is 1. The van der Waals surface area contributed by atoms with Gasteiger partial charge in [-0.15, -0.1) is 10.2 Å². The summed E-state index contributed by atoms with van der Waals surface area (Å²) in [4.78, 5) is 14.7. The smallest absolute Gasteiger partial charge is 0.257 e. The van der Waals surface area contributed by atoms with E-state index in [2.05, 4.69) is 15.3 Å². The summed E-state index contributed by atoms with van der Waals surface area (Å²) in [6, 6.07) is 1.97. The predicted molar refractivity (Wildman–Crippen MR) is 98.1 cm³/mol. The van der Waals surface area contributed by atoms with Crippen LogP contribution in [0.4, 0.5) is 0 Å². The number of piperidine rings is 1. The van der Waals surface area contributed by atoms with Gasteiger partial charge in [-0.3, -0.25) is 9.48 Å². The van der Waals surface area contributed by atoms with Gasteiger partial charge in [0, 0.05) is 42.7 Å². The maximum absolute atomic E-state index is 12.8. The lowest BCUT2D eigenvalue weighted by Gasteiger charge is -2.30. The van der Waals surface area contributed by atoms with Crippen LogP contribution < -0.4 is 0 Å². The summed E-state index contributed by atoms with van der Waals surface area (Å²) in [5.41, 5.74) is 2.45. The van der Waals surface area contributed by atoms with E-state index in [-0.39, 0.29) is 11.8 Å². The highest BCUT2D eigenvalue weighted by Crippen LogP contribution is 2.30. The van der Waals surface area contributed by atoms with E-state index in [1.54, 1.807) is 16.0 Å². The van der Waals surface area contributed by atoms with E-state index in [1.165, 1.54) is 0 Å². The van der Waals surface area contributed by atoms with Gasteiger partial charge in [-0.05, 0) is 38.1 Å². The molecule has 0 radical (unpaired) electrons. The number of likely N-dealkylation sites (tertiary alicyclic amines) is 1. The largest absolute Gasteiger partial charge is 0.420 e. The van der Waals surface area contributed by atoms with Gasteiger partial charge in [-0.2, -0.15) is 16.4 Å². The van der Waals surface area contributed by atoms with Crippen molar-refractivity contribution in [3.63, 3.8) is 0 Å². The van der Waals surface area contributed by atoms with Gasteiger partial charge in [0.2, 0.25) is 11.8 Å². The number of hydrogen-bond donors (Lipinski definition) is 0. The molecule has 3 aromatic rings. The topological polar surface area (TPSA) is 77.0 Å². The lowest BCUT2D eigenvalue weighted by molar-refractivity contribution is 0.0705. The molecule has 0 aliphatic carbocycles. The first kappa shape index (κ1) is 17.0. The summed E-state index contributed by atoms with van der Waals surface area (Å²) in [6.07, 6.45) is 3.50. The molecule has 0 spiro atoms. The third-order valence-corrected chi connectivity index (χ3v) is 5.52. The Hall–Kier alpha value is -2.48. The maximum Gasteiger partial charge on any atom is 0.257 e. The van der Waals surface area contributed by atoms with Gasteiger partial charge in [0.25, 0.3) is 5.91 Å². The number of aromatic nitrogens is 4. The lowest BCUT2D eigenvalue weighted by Crippen LogP contribution is -2.38. The molecule has 26 heavy (non-hydrogen) atoms. The van der Waals surface area contributed by atoms with Crippen molar-refractivity contribution in [3.05, 3.63) is 40.2 Å². The second-order valence-electron chi connectivity index (χ2n) is 6.51. The third-order valence-electron chi connectivity index (χ3n) is 4.84. The average molecular weight is 371 g/mol. The number of nitrogens with zero attached hydrogens (tertiary/aromatic N) is 5. The van der Waals surface area contributed by atoms with Gasteiger partial charge < -0.3 is 9.32 Å². The van der Waals surface area contributed by atoms with Crippen LogP contribution in [-0.2, 0) is 6.54 Å².